The van der Waals surface area contributed by atoms with E-state index in [1.807, 2.05) is 16.9 Å². The second-order valence-electron chi connectivity index (χ2n) is 5.74. The highest BCUT2D eigenvalue weighted by Crippen LogP contribution is 2.31. The first-order valence-electron chi connectivity index (χ1n) is 7.80. The van der Waals surface area contributed by atoms with Crippen molar-refractivity contribution in [3.63, 3.8) is 0 Å². The maximum Gasteiger partial charge on any atom is 0.126 e. The summed E-state index contributed by atoms with van der Waals surface area (Å²) >= 11 is 0. The van der Waals surface area contributed by atoms with E-state index in [1.165, 1.54) is 5.56 Å². The van der Waals surface area contributed by atoms with E-state index in [-0.39, 0.29) is 11.9 Å². The van der Waals surface area contributed by atoms with Crippen molar-refractivity contribution in [2.75, 3.05) is 0 Å². The van der Waals surface area contributed by atoms with Gasteiger partial charge in [0.15, 0.2) is 0 Å². The second kappa shape index (κ2) is 6.39. The van der Waals surface area contributed by atoms with Gasteiger partial charge in [-0.2, -0.15) is 5.10 Å². The van der Waals surface area contributed by atoms with Gasteiger partial charge in [0, 0.05) is 30.9 Å². The SMILES string of the molecule is CCCn1cc(CNC2CCCc3c(F)cccc32)cn1. The molecule has 0 aliphatic heterocycles. The quantitative estimate of drug-likeness (QED) is 0.910. The Morgan fingerprint density at radius 2 is 2.33 bits per heavy atom. The van der Waals surface area contributed by atoms with Crippen molar-refractivity contribution >= 4 is 0 Å². The summed E-state index contributed by atoms with van der Waals surface area (Å²) in [5, 5.41) is 7.90. The van der Waals surface area contributed by atoms with E-state index >= 15 is 0 Å². The molecular weight excluding hydrogens is 265 g/mol. The minimum Gasteiger partial charge on any atom is -0.306 e. The number of nitrogens with one attached hydrogen (secondary N) is 1. The molecule has 0 bridgehead atoms. The summed E-state index contributed by atoms with van der Waals surface area (Å²) in [5.41, 5.74) is 3.21. The molecule has 0 amide bonds. The number of aromatic nitrogens is 2. The lowest BCUT2D eigenvalue weighted by molar-refractivity contribution is 0.447. The van der Waals surface area contributed by atoms with Crippen LogP contribution in [-0.4, -0.2) is 9.78 Å². The van der Waals surface area contributed by atoms with Crippen molar-refractivity contribution < 1.29 is 4.39 Å². The predicted molar refractivity (Wildman–Crippen MR) is 81.4 cm³/mol. The summed E-state index contributed by atoms with van der Waals surface area (Å²) in [5.74, 6) is -0.0604. The Kier molecular flexibility index (Phi) is 4.34. The summed E-state index contributed by atoms with van der Waals surface area (Å²) in [4.78, 5) is 0. The van der Waals surface area contributed by atoms with Crippen LogP contribution >= 0.6 is 0 Å². The molecule has 0 radical (unpaired) electrons. The molecular formula is C17H22FN3. The van der Waals surface area contributed by atoms with Gasteiger partial charge < -0.3 is 5.32 Å². The number of hydrogen-bond acceptors (Lipinski definition) is 2. The molecule has 112 valence electrons. The summed E-state index contributed by atoms with van der Waals surface area (Å²) in [6.45, 7) is 3.88. The van der Waals surface area contributed by atoms with Gasteiger partial charge in [0.2, 0.25) is 0 Å². The fourth-order valence-electron chi connectivity index (χ4n) is 3.11. The van der Waals surface area contributed by atoms with Crippen LogP contribution in [0.3, 0.4) is 0 Å². The maximum atomic E-state index is 13.9. The molecule has 3 rings (SSSR count). The molecule has 21 heavy (non-hydrogen) atoms. The van der Waals surface area contributed by atoms with Crippen LogP contribution in [0.1, 0.15) is 48.9 Å². The van der Waals surface area contributed by atoms with Gasteiger partial charge in [-0.1, -0.05) is 19.1 Å². The molecule has 0 saturated carbocycles. The van der Waals surface area contributed by atoms with E-state index in [0.29, 0.717) is 0 Å². The lowest BCUT2D eigenvalue weighted by atomic mass is 9.87. The van der Waals surface area contributed by atoms with Crippen molar-refractivity contribution in [3.8, 4) is 0 Å². The number of benzene rings is 1. The Morgan fingerprint density at radius 3 is 3.19 bits per heavy atom. The molecule has 0 saturated heterocycles. The van der Waals surface area contributed by atoms with Gasteiger partial charge in [0.1, 0.15) is 5.82 Å². The van der Waals surface area contributed by atoms with Crippen molar-refractivity contribution in [2.24, 2.45) is 0 Å². The smallest absolute Gasteiger partial charge is 0.126 e. The van der Waals surface area contributed by atoms with Crippen LogP contribution in [0.5, 0.6) is 0 Å². The largest absolute Gasteiger partial charge is 0.306 e. The minimum absolute atomic E-state index is 0.0604. The number of halogens is 1. The van der Waals surface area contributed by atoms with Crippen LogP contribution in [0.25, 0.3) is 0 Å². The Morgan fingerprint density at radius 1 is 1.43 bits per heavy atom. The monoisotopic (exact) mass is 287 g/mol. The van der Waals surface area contributed by atoms with Crippen molar-refractivity contribution in [3.05, 3.63) is 53.1 Å². The molecule has 1 aromatic heterocycles. The third kappa shape index (κ3) is 3.16. The summed E-state index contributed by atoms with van der Waals surface area (Å²) < 4.78 is 15.8. The highest BCUT2D eigenvalue weighted by Gasteiger charge is 2.21. The van der Waals surface area contributed by atoms with E-state index < -0.39 is 0 Å². The zero-order valence-electron chi connectivity index (χ0n) is 12.5. The van der Waals surface area contributed by atoms with Gasteiger partial charge in [-0.3, -0.25) is 4.68 Å². The Balaban J connectivity index is 1.67. The fourth-order valence-corrected chi connectivity index (χ4v) is 3.11. The molecule has 1 unspecified atom stereocenters. The highest BCUT2D eigenvalue weighted by molar-refractivity contribution is 5.33. The van der Waals surface area contributed by atoms with Crippen LogP contribution in [0.15, 0.2) is 30.6 Å². The standard InChI is InChI=1S/C17H22FN3/c1-2-9-21-12-13(11-20-21)10-19-17-8-4-5-14-15(17)6-3-7-16(14)18/h3,6-7,11-12,17,19H,2,4-5,8-10H2,1H3. The molecule has 0 fully saturated rings. The zero-order valence-corrected chi connectivity index (χ0v) is 12.5. The molecule has 1 heterocycles. The zero-order chi connectivity index (χ0) is 14.7. The molecule has 4 heteroatoms. The molecule has 1 atom stereocenters. The molecule has 3 nitrogen and oxygen atoms in total. The topological polar surface area (TPSA) is 29.9 Å². The summed E-state index contributed by atoms with van der Waals surface area (Å²) in [6, 6.07) is 5.68. The van der Waals surface area contributed by atoms with Crippen LogP contribution in [0.4, 0.5) is 4.39 Å². The normalized spacial score (nSPS) is 17.7. The Bertz CT molecular complexity index is 606. The van der Waals surface area contributed by atoms with Crippen molar-refractivity contribution in [1.82, 2.24) is 15.1 Å². The third-order valence-electron chi connectivity index (χ3n) is 4.14. The number of fused-ring (bicyclic) bond motifs is 1. The Hall–Kier alpha value is -1.68. The third-order valence-corrected chi connectivity index (χ3v) is 4.14. The van der Waals surface area contributed by atoms with Gasteiger partial charge in [-0.05, 0) is 42.9 Å². The van der Waals surface area contributed by atoms with Crippen LogP contribution in [-0.2, 0) is 19.5 Å². The first-order valence-corrected chi connectivity index (χ1v) is 7.80. The molecule has 0 spiro atoms. The van der Waals surface area contributed by atoms with Gasteiger partial charge >= 0.3 is 0 Å². The number of rotatable bonds is 5. The molecule has 1 aliphatic rings. The van der Waals surface area contributed by atoms with Crippen LogP contribution in [0, 0.1) is 5.82 Å². The van der Waals surface area contributed by atoms with E-state index in [4.69, 9.17) is 0 Å². The van der Waals surface area contributed by atoms with E-state index in [9.17, 15) is 4.39 Å². The van der Waals surface area contributed by atoms with Gasteiger partial charge in [0.05, 0.1) is 6.20 Å². The first kappa shape index (κ1) is 14.3. The number of hydrogen-bond donors (Lipinski definition) is 1. The van der Waals surface area contributed by atoms with E-state index in [0.717, 1.165) is 49.9 Å². The average Bonchev–Trinajstić information content (AvgIpc) is 2.94. The number of nitrogens with zero attached hydrogens (tertiary/aromatic N) is 2. The van der Waals surface area contributed by atoms with Crippen LogP contribution in [0.2, 0.25) is 0 Å². The number of aryl methyl sites for hydroxylation is 1. The van der Waals surface area contributed by atoms with Crippen LogP contribution < -0.4 is 5.32 Å². The van der Waals surface area contributed by atoms with E-state index in [2.05, 4.69) is 29.6 Å². The molecule has 1 N–H and O–H groups in total. The second-order valence-corrected chi connectivity index (χ2v) is 5.74. The van der Waals surface area contributed by atoms with Crippen molar-refractivity contribution in [1.29, 1.82) is 0 Å². The highest BCUT2D eigenvalue weighted by atomic mass is 19.1. The maximum absolute atomic E-state index is 13.9. The molecule has 2 aromatic rings. The summed E-state index contributed by atoms with van der Waals surface area (Å²) in [6.07, 6.45) is 8.06. The van der Waals surface area contributed by atoms with Gasteiger partial charge in [-0.15, -0.1) is 0 Å². The first-order chi connectivity index (χ1) is 10.3. The van der Waals surface area contributed by atoms with Gasteiger partial charge in [-0.25, -0.2) is 4.39 Å². The Labute approximate surface area is 125 Å². The van der Waals surface area contributed by atoms with Gasteiger partial charge in [0.25, 0.3) is 0 Å². The fraction of sp³-hybridized carbons (Fsp3) is 0.471. The average molecular weight is 287 g/mol. The minimum atomic E-state index is -0.0604. The lowest BCUT2D eigenvalue weighted by Crippen LogP contribution is -2.25. The lowest BCUT2D eigenvalue weighted by Gasteiger charge is -2.26. The summed E-state index contributed by atoms with van der Waals surface area (Å²) in [7, 11) is 0. The van der Waals surface area contributed by atoms with E-state index in [1.54, 1.807) is 6.07 Å². The predicted octanol–water partition coefficient (Wildman–Crippen LogP) is 3.60. The van der Waals surface area contributed by atoms with Crippen molar-refractivity contribution in [2.45, 2.75) is 51.7 Å². The molecule has 1 aliphatic carbocycles. The molecule has 1 aromatic carbocycles.